The number of nitrogens with one attached hydrogen (secondary N) is 1. The molecule has 0 saturated heterocycles. The number of likely N-dealkylation sites (N-methyl/N-ethyl adjacent to an activating group) is 1. The number of anilines is 2. The Hall–Kier alpha value is -2.92. The highest BCUT2D eigenvalue weighted by Gasteiger charge is 2.10. The van der Waals surface area contributed by atoms with Crippen LogP contribution in [0, 0.1) is 0 Å². The number of carbonyl (C=O) groups excluding carboxylic acids is 1. The summed E-state index contributed by atoms with van der Waals surface area (Å²) in [5.41, 5.74) is 3.21. The average Bonchev–Trinajstić information content (AvgIpc) is 2.69. The molecular formula is C20H19ClN4O. The van der Waals surface area contributed by atoms with Gasteiger partial charge in [0, 0.05) is 48.6 Å². The van der Waals surface area contributed by atoms with Crippen molar-refractivity contribution in [3.8, 4) is 0 Å². The average molecular weight is 367 g/mol. The summed E-state index contributed by atoms with van der Waals surface area (Å²) in [7, 11) is 2.00. The molecule has 0 bridgehead atoms. The number of aromatic nitrogens is 2. The maximum absolute atomic E-state index is 12.4. The summed E-state index contributed by atoms with van der Waals surface area (Å²) in [6, 6.07) is 14.7. The molecule has 2 heterocycles. The lowest BCUT2D eigenvalue weighted by molar-refractivity contribution is 0.102. The quantitative estimate of drug-likeness (QED) is 0.714. The van der Waals surface area contributed by atoms with Gasteiger partial charge in [-0.05, 0) is 60.5 Å². The highest BCUT2D eigenvalue weighted by molar-refractivity contribution is 6.30. The van der Waals surface area contributed by atoms with E-state index in [1.807, 2.05) is 25.2 Å². The molecule has 0 aliphatic heterocycles. The predicted molar refractivity (Wildman–Crippen MR) is 105 cm³/mol. The lowest BCUT2D eigenvalue weighted by atomic mass is 10.2. The van der Waals surface area contributed by atoms with Crippen LogP contribution in [0.15, 0.2) is 67.1 Å². The number of carbonyl (C=O) groups is 1. The van der Waals surface area contributed by atoms with Gasteiger partial charge in [-0.3, -0.25) is 14.8 Å². The van der Waals surface area contributed by atoms with Gasteiger partial charge in [-0.25, -0.2) is 0 Å². The van der Waals surface area contributed by atoms with Crippen molar-refractivity contribution in [2.24, 2.45) is 0 Å². The van der Waals surface area contributed by atoms with Gasteiger partial charge in [0.1, 0.15) is 5.69 Å². The van der Waals surface area contributed by atoms with Crippen molar-refractivity contribution < 1.29 is 4.79 Å². The van der Waals surface area contributed by atoms with Crippen LogP contribution in [0.3, 0.4) is 0 Å². The van der Waals surface area contributed by atoms with Crippen LogP contribution in [0.2, 0.25) is 5.02 Å². The van der Waals surface area contributed by atoms with Gasteiger partial charge < -0.3 is 10.2 Å². The molecule has 0 aliphatic carbocycles. The molecule has 0 spiro atoms. The van der Waals surface area contributed by atoms with Crippen molar-refractivity contribution in [1.29, 1.82) is 0 Å². The lowest BCUT2D eigenvalue weighted by Crippen LogP contribution is -2.21. The van der Waals surface area contributed by atoms with Crippen LogP contribution < -0.4 is 10.2 Å². The minimum Gasteiger partial charge on any atom is -0.374 e. The van der Waals surface area contributed by atoms with Crippen LogP contribution in [-0.2, 0) is 6.42 Å². The summed E-state index contributed by atoms with van der Waals surface area (Å²) >= 11 is 5.86. The Balaban J connectivity index is 1.65. The normalized spacial score (nSPS) is 10.4. The molecule has 132 valence electrons. The Morgan fingerprint density at radius 3 is 2.54 bits per heavy atom. The number of pyridine rings is 2. The molecule has 26 heavy (non-hydrogen) atoms. The zero-order chi connectivity index (χ0) is 18.4. The second-order valence-electron chi connectivity index (χ2n) is 5.89. The van der Waals surface area contributed by atoms with E-state index >= 15 is 0 Å². The molecule has 1 amide bonds. The molecule has 0 fully saturated rings. The topological polar surface area (TPSA) is 58.1 Å². The molecule has 3 rings (SSSR count). The van der Waals surface area contributed by atoms with Crippen molar-refractivity contribution >= 4 is 28.9 Å². The number of amides is 1. The fourth-order valence-electron chi connectivity index (χ4n) is 2.48. The van der Waals surface area contributed by atoms with Gasteiger partial charge in [0.05, 0.1) is 0 Å². The lowest BCUT2D eigenvalue weighted by Gasteiger charge is -2.19. The molecule has 1 N–H and O–H groups in total. The Morgan fingerprint density at radius 2 is 1.81 bits per heavy atom. The predicted octanol–water partition coefficient (Wildman–Crippen LogP) is 4.06. The fourth-order valence-corrected chi connectivity index (χ4v) is 2.61. The Labute approximate surface area is 157 Å². The number of rotatable bonds is 6. The van der Waals surface area contributed by atoms with Gasteiger partial charge >= 0.3 is 0 Å². The van der Waals surface area contributed by atoms with Gasteiger partial charge in [-0.2, -0.15) is 0 Å². The molecule has 0 saturated carbocycles. The van der Waals surface area contributed by atoms with Crippen LogP contribution in [0.1, 0.15) is 16.1 Å². The summed E-state index contributed by atoms with van der Waals surface area (Å²) in [5.74, 6) is -0.253. The van der Waals surface area contributed by atoms with E-state index in [1.165, 1.54) is 5.56 Å². The molecule has 3 aromatic rings. The SMILES string of the molecule is CN(CCc1ccncc1)c1ccnc(C(=O)Nc2ccc(Cl)cc2)c1. The number of nitrogens with zero attached hydrogens (tertiary/aromatic N) is 3. The zero-order valence-corrected chi connectivity index (χ0v) is 15.1. The van der Waals surface area contributed by atoms with E-state index in [-0.39, 0.29) is 5.91 Å². The van der Waals surface area contributed by atoms with Gasteiger partial charge in [-0.15, -0.1) is 0 Å². The highest BCUT2D eigenvalue weighted by atomic mass is 35.5. The minimum atomic E-state index is -0.253. The molecule has 0 atom stereocenters. The van der Waals surface area contributed by atoms with Gasteiger partial charge in [0.25, 0.3) is 5.91 Å². The summed E-state index contributed by atoms with van der Waals surface area (Å²) in [6.07, 6.45) is 6.13. The summed E-state index contributed by atoms with van der Waals surface area (Å²) < 4.78 is 0. The van der Waals surface area contributed by atoms with E-state index in [4.69, 9.17) is 11.6 Å². The number of hydrogen-bond acceptors (Lipinski definition) is 4. The third kappa shape index (κ3) is 4.80. The minimum absolute atomic E-state index is 0.253. The largest absolute Gasteiger partial charge is 0.374 e. The third-order valence-corrected chi connectivity index (χ3v) is 4.26. The summed E-state index contributed by atoms with van der Waals surface area (Å²) in [5, 5.41) is 3.45. The maximum Gasteiger partial charge on any atom is 0.274 e. The van der Waals surface area contributed by atoms with Crippen LogP contribution >= 0.6 is 11.6 Å². The van der Waals surface area contributed by atoms with E-state index in [0.717, 1.165) is 18.7 Å². The van der Waals surface area contributed by atoms with Crippen LogP contribution in [-0.4, -0.2) is 29.5 Å². The van der Waals surface area contributed by atoms with Crippen LogP contribution in [0.25, 0.3) is 0 Å². The van der Waals surface area contributed by atoms with E-state index in [9.17, 15) is 4.79 Å². The summed E-state index contributed by atoms with van der Waals surface area (Å²) in [4.78, 5) is 22.7. The number of halogens is 1. The van der Waals surface area contributed by atoms with Crippen molar-refractivity contribution in [1.82, 2.24) is 9.97 Å². The Morgan fingerprint density at radius 1 is 1.08 bits per heavy atom. The molecular weight excluding hydrogens is 348 g/mol. The van der Waals surface area contributed by atoms with Gasteiger partial charge in [-0.1, -0.05) is 11.6 Å². The summed E-state index contributed by atoms with van der Waals surface area (Å²) in [6.45, 7) is 0.826. The molecule has 0 aliphatic rings. The second kappa shape index (κ2) is 8.45. The molecule has 2 aromatic heterocycles. The first-order valence-electron chi connectivity index (χ1n) is 8.25. The van der Waals surface area contributed by atoms with Gasteiger partial charge in [0.2, 0.25) is 0 Å². The van der Waals surface area contributed by atoms with E-state index in [2.05, 4.69) is 20.2 Å². The van der Waals surface area contributed by atoms with E-state index in [1.54, 1.807) is 48.9 Å². The molecule has 5 nitrogen and oxygen atoms in total. The first kappa shape index (κ1) is 17.9. The second-order valence-corrected chi connectivity index (χ2v) is 6.32. The smallest absolute Gasteiger partial charge is 0.274 e. The first-order valence-corrected chi connectivity index (χ1v) is 8.62. The van der Waals surface area contributed by atoms with Crippen molar-refractivity contribution in [2.45, 2.75) is 6.42 Å². The Bertz CT molecular complexity index is 868. The molecule has 1 aromatic carbocycles. The zero-order valence-electron chi connectivity index (χ0n) is 14.4. The van der Waals surface area contributed by atoms with Gasteiger partial charge in [0.15, 0.2) is 0 Å². The molecule has 0 unspecified atom stereocenters. The number of benzene rings is 1. The van der Waals surface area contributed by atoms with Crippen LogP contribution in [0.4, 0.5) is 11.4 Å². The monoisotopic (exact) mass is 366 g/mol. The van der Waals surface area contributed by atoms with Crippen molar-refractivity contribution in [2.75, 3.05) is 23.8 Å². The van der Waals surface area contributed by atoms with Crippen molar-refractivity contribution in [3.05, 3.63) is 83.4 Å². The number of hydrogen-bond donors (Lipinski definition) is 1. The Kier molecular flexibility index (Phi) is 5.81. The molecule has 0 radical (unpaired) electrons. The van der Waals surface area contributed by atoms with Crippen molar-refractivity contribution in [3.63, 3.8) is 0 Å². The fraction of sp³-hybridized carbons (Fsp3) is 0.150. The first-order chi connectivity index (χ1) is 12.6. The van der Waals surface area contributed by atoms with E-state index in [0.29, 0.717) is 16.4 Å². The van der Waals surface area contributed by atoms with Crippen LogP contribution in [0.5, 0.6) is 0 Å². The maximum atomic E-state index is 12.4. The third-order valence-electron chi connectivity index (χ3n) is 4.00. The molecule has 6 heteroatoms. The van der Waals surface area contributed by atoms with E-state index < -0.39 is 0 Å². The standard InChI is InChI=1S/C20H19ClN4O/c1-25(13-9-15-6-10-22-11-7-15)18-8-12-23-19(14-18)20(26)24-17-4-2-16(21)3-5-17/h2-8,10-12,14H,9,13H2,1H3,(H,24,26). The highest BCUT2D eigenvalue weighted by Crippen LogP contribution is 2.17.